The Labute approximate surface area is 170 Å². The summed E-state index contributed by atoms with van der Waals surface area (Å²) in [5.74, 6) is 0. The molecule has 2 rings (SSSR count). The highest BCUT2D eigenvalue weighted by molar-refractivity contribution is 8.13. The highest BCUT2D eigenvalue weighted by Gasteiger charge is 2.22. The first-order valence-electron chi connectivity index (χ1n) is 6.02. The zero-order valence-corrected chi connectivity index (χ0v) is 16.6. The second-order valence-electron chi connectivity index (χ2n) is 4.28. The van der Waals surface area contributed by atoms with Crippen LogP contribution < -0.4 is 0 Å². The summed E-state index contributed by atoms with van der Waals surface area (Å²) in [4.78, 5) is 18.7. The molecule has 0 atom stereocenters. The van der Waals surface area contributed by atoms with Crippen LogP contribution in [-0.4, -0.2) is 18.3 Å². The molecule has 0 aromatic heterocycles. The van der Waals surface area contributed by atoms with Gasteiger partial charge in [0, 0.05) is 27.8 Å². The van der Waals surface area contributed by atoms with E-state index in [1.807, 2.05) is 0 Å². The fourth-order valence-electron chi connectivity index (χ4n) is 1.47. The van der Waals surface area contributed by atoms with Crippen LogP contribution in [0.15, 0.2) is 35.2 Å². The minimum Gasteiger partial charge on any atom is -0.258 e. The molecule has 0 saturated heterocycles. The van der Waals surface area contributed by atoms with Crippen molar-refractivity contribution < 1.29 is 18.3 Å². The van der Waals surface area contributed by atoms with Crippen LogP contribution in [0.1, 0.15) is 0 Å². The molecule has 26 heavy (non-hydrogen) atoms. The molecule has 0 radical (unpaired) electrons. The Morgan fingerprint density at radius 2 is 1.27 bits per heavy atom. The van der Waals surface area contributed by atoms with Gasteiger partial charge < -0.3 is 0 Å². The van der Waals surface area contributed by atoms with Crippen molar-refractivity contribution in [2.45, 2.75) is 4.90 Å². The SMILES string of the molecule is O=[N+]([O-])c1cc(S(=O)(=O)Cl)c(Cl)cc1Cl.O=[N+]([O-])c1ccc(Cl)cc1Cl. The van der Waals surface area contributed by atoms with E-state index < -0.39 is 29.5 Å². The van der Waals surface area contributed by atoms with E-state index in [0.717, 1.165) is 6.07 Å². The summed E-state index contributed by atoms with van der Waals surface area (Å²) in [6.45, 7) is 0. The van der Waals surface area contributed by atoms with Crippen molar-refractivity contribution in [2.75, 3.05) is 0 Å². The van der Waals surface area contributed by atoms with E-state index >= 15 is 0 Å². The van der Waals surface area contributed by atoms with Crippen LogP contribution in [0.5, 0.6) is 0 Å². The molecule has 0 unspecified atom stereocenters. The number of nitrogens with zero attached hydrogens (tertiary/aromatic N) is 2. The highest BCUT2D eigenvalue weighted by atomic mass is 35.7. The molecule has 0 aliphatic carbocycles. The molecule has 140 valence electrons. The van der Waals surface area contributed by atoms with Crippen molar-refractivity contribution in [3.63, 3.8) is 0 Å². The maximum absolute atomic E-state index is 11.0. The van der Waals surface area contributed by atoms with E-state index in [2.05, 4.69) is 0 Å². The fraction of sp³-hybridized carbons (Fsp3) is 0. The predicted octanol–water partition coefficient (Wildman–Crippen LogP) is 5.73. The van der Waals surface area contributed by atoms with Crippen LogP contribution in [0.3, 0.4) is 0 Å². The largest absolute Gasteiger partial charge is 0.289 e. The van der Waals surface area contributed by atoms with Crippen LogP contribution in [0.25, 0.3) is 0 Å². The fourth-order valence-corrected chi connectivity index (χ4v) is 3.75. The Morgan fingerprint density at radius 3 is 1.69 bits per heavy atom. The van der Waals surface area contributed by atoms with Gasteiger partial charge in [-0.05, 0) is 18.2 Å². The van der Waals surface area contributed by atoms with E-state index in [4.69, 9.17) is 57.1 Å². The Kier molecular flexibility index (Phi) is 7.87. The van der Waals surface area contributed by atoms with E-state index in [-0.39, 0.29) is 20.8 Å². The quantitative estimate of drug-likeness (QED) is 0.313. The third kappa shape index (κ3) is 6.11. The van der Waals surface area contributed by atoms with E-state index in [0.29, 0.717) is 11.1 Å². The Balaban J connectivity index is 0.000000273. The Hall–Kier alpha value is -1.36. The topological polar surface area (TPSA) is 120 Å². The van der Waals surface area contributed by atoms with E-state index in [9.17, 15) is 28.6 Å². The number of hydrogen-bond acceptors (Lipinski definition) is 6. The maximum atomic E-state index is 11.0. The van der Waals surface area contributed by atoms with Gasteiger partial charge in [0.2, 0.25) is 0 Å². The average molecular weight is 483 g/mol. The average Bonchev–Trinajstić information content (AvgIpc) is 2.45. The summed E-state index contributed by atoms with van der Waals surface area (Å²) in [6.07, 6.45) is 0. The number of nitro groups is 2. The van der Waals surface area contributed by atoms with Crippen LogP contribution >= 0.6 is 57.1 Å². The molecule has 0 spiro atoms. The molecule has 8 nitrogen and oxygen atoms in total. The minimum atomic E-state index is -4.13. The molecule has 0 N–H and O–H groups in total. The molecule has 0 bridgehead atoms. The number of benzene rings is 2. The van der Waals surface area contributed by atoms with Gasteiger partial charge in [-0.25, -0.2) is 8.42 Å². The van der Waals surface area contributed by atoms with Crippen LogP contribution in [-0.2, 0) is 9.05 Å². The Bertz CT molecular complexity index is 982. The van der Waals surface area contributed by atoms with Gasteiger partial charge in [-0.3, -0.25) is 20.2 Å². The van der Waals surface area contributed by atoms with Crippen LogP contribution in [0, 0.1) is 20.2 Å². The molecule has 2 aromatic rings. The summed E-state index contributed by atoms with van der Waals surface area (Å²) in [7, 11) is 0.886. The first-order chi connectivity index (χ1) is 11.8. The first-order valence-corrected chi connectivity index (χ1v) is 9.84. The number of halogens is 5. The molecule has 14 heteroatoms. The molecular formula is C12H5Cl5N2O6S. The van der Waals surface area contributed by atoms with Crippen LogP contribution in [0.2, 0.25) is 20.1 Å². The van der Waals surface area contributed by atoms with E-state index in [1.165, 1.54) is 18.2 Å². The highest BCUT2D eigenvalue weighted by Crippen LogP contribution is 2.34. The van der Waals surface area contributed by atoms with Gasteiger partial charge in [0.1, 0.15) is 14.9 Å². The molecule has 2 aromatic carbocycles. The van der Waals surface area contributed by atoms with Crippen molar-refractivity contribution in [3.05, 3.63) is 70.7 Å². The number of nitro benzene ring substituents is 2. The second-order valence-corrected chi connectivity index (χ2v) is 8.47. The van der Waals surface area contributed by atoms with Crippen molar-refractivity contribution >= 4 is 77.5 Å². The summed E-state index contributed by atoms with van der Waals surface area (Å²) in [6, 6.07) is 5.70. The van der Waals surface area contributed by atoms with Gasteiger partial charge in [0.15, 0.2) is 0 Å². The molecule has 0 heterocycles. The van der Waals surface area contributed by atoms with Crippen molar-refractivity contribution in [2.24, 2.45) is 0 Å². The summed E-state index contributed by atoms with van der Waals surface area (Å²) in [5.41, 5.74) is -0.698. The molecule has 0 aliphatic rings. The number of hydrogen-bond donors (Lipinski definition) is 0. The van der Waals surface area contributed by atoms with Gasteiger partial charge in [-0.1, -0.05) is 46.4 Å². The number of rotatable bonds is 3. The molecule has 0 aliphatic heterocycles. The van der Waals surface area contributed by atoms with Crippen LogP contribution in [0.4, 0.5) is 11.4 Å². The normalized spacial score (nSPS) is 10.7. The monoisotopic (exact) mass is 480 g/mol. The van der Waals surface area contributed by atoms with Gasteiger partial charge >= 0.3 is 0 Å². The minimum absolute atomic E-state index is 0.0579. The molecule has 0 amide bonds. The zero-order chi connectivity index (χ0) is 20.2. The second kappa shape index (κ2) is 9.03. The van der Waals surface area contributed by atoms with Crippen molar-refractivity contribution in [3.8, 4) is 0 Å². The summed E-state index contributed by atoms with van der Waals surface area (Å²) < 4.78 is 21.9. The first kappa shape index (κ1) is 22.7. The smallest absolute Gasteiger partial charge is 0.258 e. The van der Waals surface area contributed by atoms with E-state index in [1.54, 1.807) is 0 Å². The third-order valence-electron chi connectivity index (χ3n) is 2.57. The van der Waals surface area contributed by atoms with Gasteiger partial charge in [0.25, 0.3) is 20.4 Å². The molecule has 0 fully saturated rings. The van der Waals surface area contributed by atoms with Crippen molar-refractivity contribution in [1.82, 2.24) is 0 Å². The standard InChI is InChI=1S/C6H2Cl3NO4S.C6H3Cl2NO2/c7-3-1-4(8)6(15(9,13)14)2-5(3)10(11)12;7-4-1-2-6(9(10)11)5(8)3-4/h1-2H;1-3H. The lowest BCUT2D eigenvalue weighted by atomic mass is 10.3. The lowest BCUT2D eigenvalue weighted by Crippen LogP contribution is -1.96. The lowest BCUT2D eigenvalue weighted by molar-refractivity contribution is -0.385. The van der Waals surface area contributed by atoms with Gasteiger partial charge in [0.05, 0.1) is 14.9 Å². The van der Waals surface area contributed by atoms with Gasteiger partial charge in [-0.2, -0.15) is 0 Å². The zero-order valence-electron chi connectivity index (χ0n) is 12.0. The summed E-state index contributed by atoms with van der Waals surface area (Å²) >= 11 is 22.0. The lowest BCUT2D eigenvalue weighted by Gasteiger charge is -2.01. The summed E-state index contributed by atoms with van der Waals surface area (Å²) in [5, 5.41) is 20.6. The molecule has 0 saturated carbocycles. The Morgan fingerprint density at radius 1 is 0.769 bits per heavy atom. The van der Waals surface area contributed by atoms with Gasteiger partial charge in [-0.15, -0.1) is 0 Å². The van der Waals surface area contributed by atoms with Crippen molar-refractivity contribution in [1.29, 1.82) is 0 Å². The predicted molar refractivity (Wildman–Crippen MR) is 99.3 cm³/mol. The third-order valence-corrected chi connectivity index (χ3v) is 5.19. The maximum Gasteiger partial charge on any atom is 0.289 e. The molecular weight excluding hydrogens is 477 g/mol.